The fraction of sp³-hybridized carbons (Fsp3) is 0.545. The van der Waals surface area contributed by atoms with Gasteiger partial charge in [-0.2, -0.15) is 5.10 Å². The number of halogens is 1. The highest BCUT2D eigenvalue weighted by atomic mass is 19.1. The van der Waals surface area contributed by atoms with Crippen molar-refractivity contribution < 1.29 is 9.18 Å². The Morgan fingerprint density at radius 2 is 1.90 bits per heavy atom. The molecule has 4 atom stereocenters. The number of benzene rings is 1. The van der Waals surface area contributed by atoms with Gasteiger partial charge < -0.3 is 10.6 Å². The van der Waals surface area contributed by atoms with Crippen molar-refractivity contribution in [2.45, 2.75) is 56.1 Å². The van der Waals surface area contributed by atoms with Gasteiger partial charge in [0, 0.05) is 23.8 Å². The summed E-state index contributed by atoms with van der Waals surface area (Å²) in [5, 5.41) is 11.0. The van der Waals surface area contributed by atoms with Crippen LogP contribution in [0.5, 0.6) is 0 Å². The molecule has 2 aromatic rings. The molecular formula is C22H29FN6O. The molecule has 4 unspecified atom stereocenters. The van der Waals surface area contributed by atoms with E-state index in [-0.39, 0.29) is 23.7 Å². The molecule has 1 aromatic carbocycles. The highest BCUT2D eigenvalue weighted by molar-refractivity contribution is 5.95. The molecule has 7 nitrogen and oxygen atoms in total. The van der Waals surface area contributed by atoms with E-state index in [1.807, 2.05) is 6.20 Å². The van der Waals surface area contributed by atoms with Crippen molar-refractivity contribution in [2.24, 2.45) is 5.92 Å². The first kappa shape index (κ1) is 19.7. The lowest BCUT2D eigenvalue weighted by atomic mass is 9.74. The summed E-state index contributed by atoms with van der Waals surface area (Å²) < 4.78 is 15.3. The van der Waals surface area contributed by atoms with Crippen LogP contribution in [-0.4, -0.2) is 40.9 Å². The molecule has 5 rings (SSSR count). The second kappa shape index (κ2) is 8.45. The number of amides is 1. The SMILES string of the molecule is O=C(Nc1ccc(F)cc1)C1NNC2CCC(c3cnn(C4CCNCC4)c3)CC21. The number of hydrazine groups is 1. The second-order valence-corrected chi connectivity index (χ2v) is 8.78. The molecule has 0 spiro atoms. The van der Waals surface area contributed by atoms with E-state index in [9.17, 15) is 9.18 Å². The van der Waals surface area contributed by atoms with Crippen LogP contribution in [0.4, 0.5) is 10.1 Å². The van der Waals surface area contributed by atoms with Crippen molar-refractivity contribution in [1.82, 2.24) is 25.9 Å². The van der Waals surface area contributed by atoms with Crippen LogP contribution in [0.25, 0.3) is 0 Å². The van der Waals surface area contributed by atoms with Crippen molar-refractivity contribution >= 4 is 11.6 Å². The highest BCUT2D eigenvalue weighted by Crippen LogP contribution is 2.40. The number of rotatable bonds is 4. The fourth-order valence-electron chi connectivity index (χ4n) is 5.21. The summed E-state index contributed by atoms with van der Waals surface area (Å²) in [6.07, 6.45) is 9.57. The molecule has 1 saturated carbocycles. The molecule has 3 heterocycles. The Labute approximate surface area is 175 Å². The van der Waals surface area contributed by atoms with E-state index in [0.717, 1.165) is 45.2 Å². The topological polar surface area (TPSA) is 83.0 Å². The summed E-state index contributed by atoms with van der Waals surface area (Å²) in [6, 6.07) is 6.37. The first-order chi connectivity index (χ1) is 14.7. The van der Waals surface area contributed by atoms with Crippen LogP contribution in [0.1, 0.15) is 49.6 Å². The zero-order valence-corrected chi connectivity index (χ0v) is 17.0. The van der Waals surface area contributed by atoms with Crippen LogP contribution in [0.3, 0.4) is 0 Å². The lowest BCUT2D eigenvalue weighted by molar-refractivity contribution is -0.119. The zero-order chi connectivity index (χ0) is 20.5. The van der Waals surface area contributed by atoms with Crippen LogP contribution in [0.15, 0.2) is 36.7 Å². The third-order valence-electron chi connectivity index (χ3n) is 6.92. The predicted molar refractivity (Wildman–Crippen MR) is 112 cm³/mol. The van der Waals surface area contributed by atoms with Gasteiger partial charge in [0.2, 0.25) is 5.91 Å². The molecule has 3 fully saturated rings. The van der Waals surface area contributed by atoms with E-state index in [2.05, 4.69) is 37.5 Å². The van der Waals surface area contributed by atoms with Crippen molar-refractivity contribution in [3.63, 3.8) is 0 Å². The van der Waals surface area contributed by atoms with E-state index in [4.69, 9.17) is 0 Å². The number of carbonyl (C=O) groups is 1. The number of nitrogens with one attached hydrogen (secondary N) is 4. The molecule has 4 N–H and O–H groups in total. The summed E-state index contributed by atoms with van der Waals surface area (Å²) in [4.78, 5) is 12.9. The van der Waals surface area contributed by atoms with Gasteiger partial charge in [-0.05, 0) is 80.9 Å². The lowest BCUT2D eigenvalue weighted by Gasteiger charge is -2.32. The average Bonchev–Trinajstić information content (AvgIpc) is 3.43. The minimum absolute atomic E-state index is 0.0762. The molecule has 2 saturated heterocycles. The number of fused-ring (bicyclic) bond motifs is 1. The third-order valence-corrected chi connectivity index (χ3v) is 6.92. The maximum Gasteiger partial charge on any atom is 0.243 e. The number of piperidine rings is 1. The molecule has 3 aliphatic rings. The van der Waals surface area contributed by atoms with Gasteiger partial charge in [-0.15, -0.1) is 0 Å². The first-order valence-electron chi connectivity index (χ1n) is 11.0. The Hall–Kier alpha value is -2.29. The van der Waals surface area contributed by atoms with Crippen molar-refractivity contribution in [3.8, 4) is 0 Å². The first-order valence-corrected chi connectivity index (χ1v) is 11.0. The molecule has 2 aliphatic heterocycles. The normalized spacial score (nSPS) is 29.5. The molecule has 8 heteroatoms. The number of aromatic nitrogens is 2. The molecule has 30 heavy (non-hydrogen) atoms. The van der Waals surface area contributed by atoms with E-state index in [1.165, 1.54) is 17.7 Å². The Morgan fingerprint density at radius 1 is 1.10 bits per heavy atom. The minimum atomic E-state index is -0.311. The minimum Gasteiger partial charge on any atom is -0.325 e. The van der Waals surface area contributed by atoms with Crippen molar-refractivity contribution in [2.75, 3.05) is 18.4 Å². The maximum absolute atomic E-state index is 13.1. The van der Waals surface area contributed by atoms with Crippen LogP contribution in [0.2, 0.25) is 0 Å². The summed E-state index contributed by atoms with van der Waals surface area (Å²) >= 11 is 0. The largest absolute Gasteiger partial charge is 0.325 e. The Balaban J connectivity index is 1.25. The van der Waals surface area contributed by atoms with E-state index < -0.39 is 0 Å². The van der Waals surface area contributed by atoms with Crippen molar-refractivity contribution in [1.29, 1.82) is 0 Å². The van der Waals surface area contributed by atoms with Gasteiger partial charge in [-0.1, -0.05) is 0 Å². The number of anilines is 1. The monoisotopic (exact) mass is 412 g/mol. The molecular weight excluding hydrogens is 383 g/mol. The number of hydrogen-bond donors (Lipinski definition) is 4. The fourth-order valence-corrected chi connectivity index (χ4v) is 5.21. The predicted octanol–water partition coefficient (Wildman–Crippen LogP) is 2.31. The van der Waals surface area contributed by atoms with Gasteiger partial charge in [0.1, 0.15) is 11.9 Å². The van der Waals surface area contributed by atoms with E-state index in [1.54, 1.807) is 12.1 Å². The number of nitrogens with zero attached hydrogens (tertiary/aromatic N) is 2. The highest BCUT2D eigenvalue weighted by Gasteiger charge is 2.44. The summed E-state index contributed by atoms with van der Waals surface area (Å²) in [6.45, 7) is 2.10. The van der Waals surface area contributed by atoms with Crippen LogP contribution >= 0.6 is 0 Å². The standard InChI is InChI=1S/C22H29FN6O/c23-16-2-4-17(5-3-16)26-22(30)21-19-11-14(1-6-20(19)27-28-21)15-12-25-29(13-15)18-7-9-24-10-8-18/h2-5,12-14,18-21,24,27-28H,1,6-11H2,(H,26,30). The Kier molecular flexibility index (Phi) is 5.54. The van der Waals surface area contributed by atoms with Gasteiger partial charge in [-0.25, -0.2) is 9.82 Å². The molecule has 1 aliphatic carbocycles. The van der Waals surface area contributed by atoms with Gasteiger partial charge in [0.15, 0.2) is 0 Å². The maximum atomic E-state index is 13.1. The molecule has 0 bridgehead atoms. The van der Waals surface area contributed by atoms with E-state index in [0.29, 0.717) is 23.7 Å². The quantitative estimate of drug-likeness (QED) is 0.620. The Bertz CT molecular complexity index is 878. The average molecular weight is 413 g/mol. The Morgan fingerprint density at radius 3 is 2.70 bits per heavy atom. The molecule has 1 aromatic heterocycles. The summed E-state index contributed by atoms with van der Waals surface area (Å²) in [7, 11) is 0. The van der Waals surface area contributed by atoms with Gasteiger partial charge in [0.25, 0.3) is 0 Å². The van der Waals surface area contributed by atoms with E-state index >= 15 is 0 Å². The summed E-state index contributed by atoms with van der Waals surface area (Å²) in [5.41, 5.74) is 8.41. The second-order valence-electron chi connectivity index (χ2n) is 8.78. The van der Waals surface area contributed by atoms with Crippen LogP contribution in [0, 0.1) is 11.7 Å². The van der Waals surface area contributed by atoms with Crippen LogP contribution < -0.4 is 21.5 Å². The van der Waals surface area contributed by atoms with Gasteiger partial charge in [0.05, 0.1) is 12.2 Å². The lowest BCUT2D eigenvalue weighted by Crippen LogP contribution is -2.42. The van der Waals surface area contributed by atoms with Gasteiger partial charge >= 0.3 is 0 Å². The third kappa shape index (κ3) is 3.99. The molecule has 1 amide bonds. The smallest absolute Gasteiger partial charge is 0.243 e. The number of hydrogen-bond acceptors (Lipinski definition) is 5. The van der Waals surface area contributed by atoms with Gasteiger partial charge in [-0.3, -0.25) is 14.9 Å². The van der Waals surface area contributed by atoms with Crippen LogP contribution in [-0.2, 0) is 4.79 Å². The molecule has 160 valence electrons. The summed E-state index contributed by atoms with van der Waals surface area (Å²) in [5.74, 6) is 0.248. The zero-order valence-electron chi connectivity index (χ0n) is 17.0. The van der Waals surface area contributed by atoms with Crippen molar-refractivity contribution in [3.05, 3.63) is 48.0 Å². The molecule has 0 radical (unpaired) electrons. The number of carbonyl (C=O) groups excluding carboxylic acids is 1.